The molecular weight excluding hydrogens is 176 g/mol. The van der Waals surface area contributed by atoms with Crippen molar-refractivity contribution in [3.8, 4) is 11.8 Å². The first-order valence-electron chi connectivity index (χ1n) is 3.63. The predicted molar refractivity (Wildman–Crippen MR) is 42.4 cm³/mol. The van der Waals surface area contributed by atoms with E-state index in [4.69, 9.17) is 5.26 Å². The van der Waals surface area contributed by atoms with Crippen LogP contribution in [0.4, 0.5) is 8.78 Å². The minimum atomic E-state index is -2.80. The first kappa shape index (κ1) is 9.46. The molecule has 0 saturated heterocycles. The Hall–Kier alpha value is -1.63. The van der Waals surface area contributed by atoms with Gasteiger partial charge in [0, 0.05) is 0 Å². The molecule has 0 bridgehead atoms. The largest absolute Gasteiger partial charge is 0.435 e. The van der Waals surface area contributed by atoms with Crippen LogP contribution in [-0.2, 0) is 6.42 Å². The minimum absolute atomic E-state index is 0.108. The Morgan fingerprint density at radius 3 is 2.38 bits per heavy atom. The van der Waals surface area contributed by atoms with E-state index in [9.17, 15) is 8.78 Å². The normalized spacial score (nSPS) is 9.69. The summed E-state index contributed by atoms with van der Waals surface area (Å²) in [5.74, 6) is 0.108. The fourth-order valence-corrected chi connectivity index (χ4v) is 0.880. The van der Waals surface area contributed by atoms with Crippen LogP contribution in [0, 0.1) is 11.3 Å². The van der Waals surface area contributed by atoms with Crippen molar-refractivity contribution in [2.75, 3.05) is 0 Å². The Kier molecular flexibility index (Phi) is 3.21. The van der Waals surface area contributed by atoms with Gasteiger partial charge in [0.25, 0.3) is 0 Å². The monoisotopic (exact) mass is 183 g/mol. The van der Waals surface area contributed by atoms with Crippen LogP contribution < -0.4 is 4.74 Å². The zero-order chi connectivity index (χ0) is 9.68. The topological polar surface area (TPSA) is 33.0 Å². The van der Waals surface area contributed by atoms with Gasteiger partial charge in [-0.3, -0.25) is 0 Å². The maximum absolute atomic E-state index is 11.7. The van der Waals surface area contributed by atoms with Crippen LogP contribution in [0.25, 0.3) is 0 Å². The molecule has 0 aliphatic carbocycles. The second-order valence-electron chi connectivity index (χ2n) is 2.36. The predicted octanol–water partition coefficient (Wildman–Crippen LogP) is 2.35. The molecule has 68 valence electrons. The molecule has 1 aromatic carbocycles. The highest BCUT2D eigenvalue weighted by Crippen LogP contribution is 2.14. The van der Waals surface area contributed by atoms with Gasteiger partial charge in [-0.25, -0.2) is 0 Å². The molecular formula is C9H7F2NO. The molecule has 4 heteroatoms. The van der Waals surface area contributed by atoms with Gasteiger partial charge in [-0.2, -0.15) is 14.0 Å². The van der Waals surface area contributed by atoms with Crippen molar-refractivity contribution in [3.63, 3.8) is 0 Å². The third-order valence-electron chi connectivity index (χ3n) is 1.43. The highest BCUT2D eigenvalue weighted by atomic mass is 19.3. The molecule has 0 spiro atoms. The second-order valence-corrected chi connectivity index (χ2v) is 2.36. The second kappa shape index (κ2) is 4.41. The Morgan fingerprint density at radius 1 is 1.31 bits per heavy atom. The molecule has 0 unspecified atom stereocenters. The molecule has 0 atom stereocenters. The molecule has 0 saturated carbocycles. The van der Waals surface area contributed by atoms with Gasteiger partial charge in [0.2, 0.25) is 0 Å². The van der Waals surface area contributed by atoms with Crippen LogP contribution in [0.15, 0.2) is 24.3 Å². The molecule has 1 aromatic rings. The number of alkyl halides is 2. The van der Waals surface area contributed by atoms with Crippen LogP contribution in [0.2, 0.25) is 0 Å². The molecule has 13 heavy (non-hydrogen) atoms. The lowest BCUT2D eigenvalue weighted by molar-refractivity contribution is -0.0498. The average molecular weight is 183 g/mol. The third-order valence-corrected chi connectivity index (χ3v) is 1.43. The number of halogens is 2. The SMILES string of the molecule is N#CCc1ccc(OC(F)F)cc1. The third kappa shape index (κ3) is 3.08. The van der Waals surface area contributed by atoms with Crippen molar-refractivity contribution < 1.29 is 13.5 Å². The Morgan fingerprint density at radius 2 is 1.92 bits per heavy atom. The summed E-state index contributed by atoms with van der Waals surface area (Å²) in [6.45, 7) is -2.80. The van der Waals surface area contributed by atoms with Crippen molar-refractivity contribution in [1.82, 2.24) is 0 Å². The van der Waals surface area contributed by atoms with E-state index in [0.717, 1.165) is 5.56 Å². The van der Waals surface area contributed by atoms with Gasteiger partial charge in [0.05, 0.1) is 12.5 Å². The number of hydrogen-bond acceptors (Lipinski definition) is 2. The Labute approximate surface area is 74.4 Å². The number of ether oxygens (including phenoxy) is 1. The summed E-state index contributed by atoms with van der Waals surface area (Å²) >= 11 is 0. The van der Waals surface area contributed by atoms with Gasteiger partial charge < -0.3 is 4.74 Å². The smallest absolute Gasteiger partial charge is 0.387 e. The molecule has 0 amide bonds. The summed E-state index contributed by atoms with van der Waals surface area (Å²) in [4.78, 5) is 0. The highest BCUT2D eigenvalue weighted by Gasteiger charge is 2.02. The van der Waals surface area contributed by atoms with Gasteiger partial charge in [-0.15, -0.1) is 0 Å². The Bertz CT molecular complexity index is 302. The zero-order valence-corrected chi connectivity index (χ0v) is 6.71. The van der Waals surface area contributed by atoms with E-state index in [-0.39, 0.29) is 12.2 Å². The lowest BCUT2D eigenvalue weighted by atomic mass is 10.2. The average Bonchev–Trinajstić information content (AvgIpc) is 2.08. The van der Waals surface area contributed by atoms with Gasteiger partial charge in [-0.05, 0) is 17.7 Å². The van der Waals surface area contributed by atoms with Gasteiger partial charge in [0.1, 0.15) is 5.75 Å². The maximum atomic E-state index is 11.7. The fourth-order valence-electron chi connectivity index (χ4n) is 0.880. The molecule has 0 radical (unpaired) electrons. The lowest BCUT2D eigenvalue weighted by Crippen LogP contribution is -2.01. The van der Waals surface area contributed by atoms with E-state index >= 15 is 0 Å². The summed E-state index contributed by atoms with van der Waals surface area (Å²) < 4.78 is 27.5. The van der Waals surface area contributed by atoms with Gasteiger partial charge in [-0.1, -0.05) is 12.1 Å². The number of rotatable bonds is 3. The first-order valence-corrected chi connectivity index (χ1v) is 3.63. The molecule has 0 heterocycles. The molecule has 0 aliphatic rings. The lowest BCUT2D eigenvalue weighted by Gasteiger charge is -2.03. The number of benzene rings is 1. The highest BCUT2D eigenvalue weighted by molar-refractivity contribution is 5.28. The summed E-state index contributed by atoms with van der Waals surface area (Å²) in [6.07, 6.45) is 0.273. The maximum Gasteiger partial charge on any atom is 0.387 e. The first-order chi connectivity index (χ1) is 6.22. The van der Waals surface area contributed by atoms with Crippen molar-refractivity contribution in [3.05, 3.63) is 29.8 Å². The van der Waals surface area contributed by atoms with Crippen molar-refractivity contribution in [1.29, 1.82) is 5.26 Å². The van der Waals surface area contributed by atoms with E-state index in [1.54, 1.807) is 12.1 Å². The minimum Gasteiger partial charge on any atom is -0.435 e. The summed E-state index contributed by atoms with van der Waals surface area (Å²) in [7, 11) is 0. The molecule has 0 N–H and O–H groups in total. The van der Waals surface area contributed by atoms with Crippen molar-refractivity contribution >= 4 is 0 Å². The van der Waals surface area contributed by atoms with E-state index in [0.29, 0.717) is 0 Å². The molecule has 0 aliphatic heterocycles. The molecule has 0 fully saturated rings. The summed E-state index contributed by atoms with van der Waals surface area (Å²) in [6, 6.07) is 7.95. The number of hydrogen-bond donors (Lipinski definition) is 0. The van der Waals surface area contributed by atoms with Gasteiger partial charge in [0.15, 0.2) is 0 Å². The van der Waals surface area contributed by atoms with E-state index in [1.165, 1.54) is 12.1 Å². The number of nitriles is 1. The van der Waals surface area contributed by atoms with Crippen LogP contribution in [-0.4, -0.2) is 6.61 Å². The van der Waals surface area contributed by atoms with Crippen LogP contribution in [0.1, 0.15) is 5.56 Å². The fraction of sp³-hybridized carbons (Fsp3) is 0.222. The van der Waals surface area contributed by atoms with Crippen molar-refractivity contribution in [2.45, 2.75) is 13.0 Å². The molecule has 2 nitrogen and oxygen atoms in total. The van der Waals surface area contributed by atoms with Gasteiger partial charge >= 0.3 is 6.61 Å². The van der Waals surface area contributed by atoms with E-state index < -0.39 is 6.61 Å². The van der Waals surface area contributed by atoms with Crippen LogP contribution in [0.3, 0.4) is 0 Å². The molecule has 1 rings (SSSR count). The zero-order valence-electron chi connectivity index (χ0n) is 6.71. The summed E-state index contributed by atoms with van der Waals surface area (Å²) in [5, 5.41) is 8.33. The van der Waals surface area contributed by atoms with E-state index in [2.05, 4.69) is 4.74 Å². The molecule has 0 aromatic heterocycles. The Balaban J connectivity index is 2.65. The van der Waals surface area contributed by atoms with Crippen molar-refractivity contribution in [2.24, 2.45) is 0 Å². The standard InChI is InChI=1S/C9H7F2NO/c10-9(11)13-8-3-1-7(2-4-8)5-6-12/h1-4,9H,5H2. The van der Waals surface area contributed by atoms with E-state index in [1.807, 2.05) is 6.07 Å². The quantitative estimate of drug-likeness (QED) is 0.720. The van der Waals surface area contributed by atoms with Crippen LogP contribution >= 0.6 is 0 Å². The number of nitrogens with zero attached hydrogens (tertiary/aromatic N) is 1. The van der Waals surface area contributed by atoms with Crippen LogP contribution in [0.5, 0.6) is 5.75 Å². The summed E-state index contributed by atoms with van der Waals surface area (Å²) in [5.41, 5.74) is 0.782.